The molecule has 0 unspecified atom stereocenters. The normalized spacial score (nSPS) is 11.0. The molecule has 0 aliphatic carbocycles. The summed E-state index contributed by atoms with van der Waals surface area (Å²) in [5.41, 5.74) is 1.72. The molecule has 132 valence electrons. The van der Waals surface area contributed by atoms with E-state index in [2.05, 4.69) is 20.3 Å². The molecule has 0 fully saturated rings. The van der Waals surface area contributed by atoms with Crippen LogP contribution in [-0.4, -0.2) is 26.9 Å². The number of nitrogens with zero attached hydrogens (tertiary/aromatic N) is 4. The van der Waals surface area contributed by atoms with E-state index >= 15 is 0 Å². The van der Waals surface area contributed by atoms with Crippen molar-refractivity contribution in [3.05, 3.63) is 47.0 Å². The molecule has 0 spiro atoms. The summed E-state index contributed by atoms with van der Waals surface area (Å²) in [6, 6.07) is 9.52. The van der Waals surface area contributed by atoms with Gasteiger partial charge in [0.1, 0.15) is 5.75 Å². The summed E-state index contributed by atoms with van der Waals surface area (Å²) in [7, 11) is 0. The summed E-state index contributed by atoms with van der Waals surface area (Å²) in [6.45, 7) is 2.50. The Morgan fingerprint density at radius 3 is 2.96 bits per heavy atom. The zero-order valence-electron chi connectivity index (χ0n) is 13.8. The highest BCUT2D eigenvalue weighted by atomic mass is 32.2. The minimum atomic E-state index is 0.418. The summed E-state index contributed by atoms with van der Waals surface area (Å²) in [5, 5.41) is 16.5. The quantitative estimate of drug-likeness (QED) is 0.428. The van der Waals surface area contributed by atoms with Crippen LogP contribution in [0.5, 0.6) is 5.75 Å². The lowest BCUT2D eigenvalue weighted by atomic mass is 10.2. The van der Waals surface area contributed by atoms with Crippen molar-refractivity contribution in [1.82, 2.24) is 20.3 Å². The Balaban J connectivity index is 1.45. The summed E-state index contributed by atoms with van der Waals surface area (Å²) >= 11 is 2.93. The molecule has 0 aliphatic heterocycles. The molecule has 1 aromatic carbocycles. The summed E-state index contributed by atoms with van der Waals surface area (Å²) < 4.78 is 16.6. The summed E-state index contributed by atoms with van der Waals surface area (Å²) in [5.74, 6) is 2.67. The van der Waals surface area contributed by atoms with Gasteiger partial charge in [0.25, 0.3) is 11.1 Å². The second kappa shape index (κ2) is 7.71. The van der Waals surface area contributed by atoms with Crippen LogP contribution >= 0.6 is 23.1 Å². The Morgan fingerprint density at radius 2 is 2.12 bits per heavy atom. The lowest BCUT2D eigenvalue weighted by Crippen LogP contribution is -1.93. The Bertz CT molecular complexity index is 981. The standard InChI is InChI=1S/C17H14N4O3S2/c1-2-22-13-6-4-3-5-12(13)16-19-20-17(23-16)26-10-14-18-15(21-24-14)11-7-8-25-9-11/h3-9H,2,10H2,1H3. The first-order valence-corrected chi connectivity index (χ1v) is 9.80. The molecule has 0 saturated carbocycles. The first-order chi connectivity index (χ1) is 12.8. The number of thiophene rings is 1. The van der Waals surface area contributed by atoms with Crippen LogP contribution in [0.3, 0.4) is 0 Å². The van der Waals surface area contributed by atoms with Gasteiger partial charge < -0.3 is 13.7 Å². The second-order valence-corrected chi connectivity index (χ2v) is 6.82. The largest absolute Gasteiger partial charge is 0.493 e. The Kier molecular flexibility index (Phi) is 4.98. The van der Waals surface area contributed by atoms with Gasteiger partial charge in [-0.25, -0.2) is 0 Å². The minimum absolute atomic E-state index is 0.418. The van der Waals surface area contributed by atoms with E-state index in [-0.39, 0.29) is 0 Å². The van der Waals surface area contributed by atoms with Crippen molar-refractivity contribution in [2.45, 2.75) is 17.9 Å². The monoisotopic (exact) mass is 386 g/mol. The molecule has 3 aromatic heterocycles. The number of para-hydroxylation sites is 1. The number of aromatic nitrogens is 4. The third kappa shape index (κ3) is 3.63. The van der Waals surface area contributed by atoms with Crippen LogP contribution in [0, 0.1) is 0 Å². The molecule has 0 aliphatic rings. The molecule has 4 rings (SSSR count). The van der Waals surface area contributed by atoms with E-state index in [1.165, 1.54) is 11.8 Å². The molecule has 0 bridgehead atoms. The van der Waals surface area contributed by atoms with Gasteiger partial charge in [-0.1, -0.05) is 29.1 Å². The number of thioether (sulfide) groups is 1. The van der Waals surface area contributed by atoms with Gasteiger partial charge in [-0.2, -0.15) is 16.3 Å². The molecular weight excluding hydrogens is 372 g/mol. The lowest BCUT2D eigenvalue weighted by molar-refractivity contribution is 0.340. The summed E-state index contributed by atoms with van der Waals surface area (Å²) in [6.07, 6.45) is 0. The van der Waals surface area contributed by atoms with Crippen LogP contribution < -0.4 is 4.74 Å². The Morgan fingerprint density at radius 1 is 1.19 bits per heavy atom. The SMILES string of the molecule is CCOc1ccccc1-c1nnc(SCc2nc(-c3ccsc3)no2)o1. The fraction of sp³-hybridized carbons (Fsp3) is 0.176. The van der Waals surface area contributed by atoms with Crippen molar-refractivity contribution in [1.29, 1.82) is 0 Å². The fourth-order valence-electron chi connectivity index (χ4n) is 2.25. The second-order valence-electron chi connectivity index (χ2n) is 5.11. The van der Waals surface area contributed by atoms with Crippen molar-refractivity contribution < 1.29 is 13.7 Å². The molecule has 0 radical (unpaired) electrons. The van der Waals surface area contributed by atoms with E-state index in [4.69, 9.17) is 13.7 Å². The zero-order chi connectivity index (χ0) is 17.8. The maximum atomic E-state index is 5.73. The van der Waals surface area contributed by atoms with Gasteiger partial charge in [0.05, 0.1) is 17.9 Å². The van der Waals surface area contributed by atoms with Crippen molar-refractivity contribution >= 4 is 23.1 Å². The van der Waals surface area contributed by atoms with Crippen molar-refractivity contribution in [3.63, 3.8) is 0 Å². The molecule has 0 atom stereocenters. The van der Waals surface area contributed by atoms with Gasteiger partial charge in [-0.15, -0.1) is 10.2 Å². The number of rotatable bonds is 7. The van der Waals surface area contributed by atoms with Crippen molar-refractivity contribution in [2.75, 3.05) is 6.61 Å². The highest BCUT2D eigenvalue weighted by molar-refractivity contribution is 7.98. The molecule has 0 N–H and O–H groups in total. The third-order valence-electron chi connectivity index (χ3n) is 3.39. The highest BCUT2D eigenvalue weighted by Gasteiger charge is 2.15. The van der Waals surface area contributed by atoms with Crippen LogP contribution in [0.4, 0.5) is 0 Å². The highest BCUT2D eigenvalue weighted by Crippen LogP contribution is 2.31. The van der Waals surface area contributed by atoms with Crippen LogP contribution in [0.15, 0.2) is 55.3 Å². The van der Waals surface area contributed by atoms with E-state index in [0.29, 0.717) is 40.9 Å². The van der Waals surface area contributed by atoms with Gasteiger partial charge in [-0.05, 0) is 30.5 Å². The third-order valence-corrected chi connectivity index (χ3v) is 4.88. The maximum Gasteiger partial charge on any atom is 0.277 e. The topological polar surface area (TPSA) is 87.1 Å². The van der Waals surface area contributed by atoms with Crippen LogP contribution in [0.1, 0.15) is 12.8 Å². The molecule has 3 heterocycles. The number of ether oxygens (including phenoxy) is 1. The van der Waals surface area contributed by atoms with Gasteiger partial charge in [0.2, 0.25) is 11.7 Å². The molecule has 26 heavy (non-hydrogen) atoms. The van der Waals surface area contributed by atoms with E-state index < -0.39 is 0 Å². The first-order valence-electron chi connectivity index (χ1n) is 7.87. The van der Waals surface area contributed by atoms with Crippen LogP contribution in [-0.2, 0) is 5.75 Å². The molecule has 7 nitrogen and oxygen atoms in total. The maximum absolute atomic E-state index is 5.73. The van der Waals surface area contributed by atoms with E-state index in [9.17, 15) is 0 Å². The van der Waals surface area contributed by atoms with Crippen molar-refractivity contribution in [3.8, 4) is 28.6 Å². The zero-order valence-corrected chi connectivity index (χ0v) is 15.4. The predicted molar refractivity (Wildman–Crippen MR) is 98.1 cm³/mol. The smallest absolute Gasteiger partial charge is 0.277 e. The Labute approximate surface area is 157 Å². The number of benzene rings is 1. The van der Waals surface area contributed by atoms with Crippen LogP contribution in [0.25, 0.3) is 22.8 Å². The minimum Gasteiger partial charge on any atom is -0.493 e. The average molecular weight is 386 g/mol. The number of hydrogen-bond donors (Lipinski definition) is 0. The van der Waals surface area contributed by atoms with Crippen molar-refractivity contribution in [2.24, 2.45) is 0 Å². The van der Waals surface area contributed by atoms with E-state index in [1.807, 2.05) is 48.0 Å². The van der Waals surface area contributed by atoms with Crippen LogP contribution in [0.2, 0.25) is 0 Å². The fourth-order valence-corrected chi connectivity index (χ4v) is 3.48. The number of hydrogen-bond acceptors (Lipinski definition) is 9. The molecule has 9 heteroatoms. The van der Waals surface area contributed by atoms with Gasteiger partial charge >= 0.3 is 0 Å². The Hall–Kier alpha value is -2.65. The molecule has 0 amide bonds. The van der Waals surface area contributed by atoms with Gasteiger partial charge in [0, 0.05) is 10.9 Å². The van der Waals surface area contributed by atoms with Gasteiger partial charge in [-0.3, -0.25) is 0 Å². The lowest BCUT2D eigenvalue weighted by Gasteiger charge is -2.05. The molecule has 4 aromatic rings. The van der Waals surface area contributed by atoms with E-state index in [0.717, 1.165) is 11.1 Å². The molecular formula is C17H14N4O3S2. The van der Waals surface area contributed by atoms with Gasteiger partial charge in [0.15, 0.2) is 0 Å². The molecule has 0 saturated heterocycles. The summed E-state index contributed by atoms with van der Waals surface area (Å²) in [4.78, 5) is 4.37. The predicted octanol–water partition coefficient (Wildman–Crippen LogP) is 4.54. The first kappa shape index (κ1) is 16.8. The average Bonchev–Trinajstić information content (AvgIpc) is 3.41. The van der Waals surface area contributed by atoms with E-state index in [1.54, 1.807) is 11.3 Å².